The zero-order valence-corrected chi connectivity index (χ0v) is 18.6. The summed E-state index contributed by atoms with van der Waals surface area (Å²) in [6, 6.07) is 18.2. The van der Waals surface area contributed by atoms with Crippen molar-refractivity contribution < 1.29 is 33.5 Å². The highest BCUT2D eigenvalue weighted by atomic mass is 35.7. The highest BCUT2D eigenvalue weighted by Gasteiger charge is 2.41. The maximum atomic E-state index is 8.49. The van der Waals surface area contributed by atoms with Crippen LogP contribution in [0.15, 0.2) is 48.5 Å². The van der Waals surface area contributed by atoms with E-state index in [0.717, 1.165) is 0 Å². The SMILES string of the molecule is CN1c2ccccc2C(C2CCCCC2=[N+]2CCCC2)c2ccccc21.[O-][Cl+3]([O-])([O-])[O-]. The van der Waals surface area contributed by atoms with Crippen molar-refractivity contribution in [2.24, 2.45) is 5.92 Å². The summed E-state index contributed by atoms with van der Waals surface area (Å²) >= 11 is 0. The second-order valence-corrected chi connectivity index (χ2v) is 9.33. The number of nitrogens with zero attached hydrogens (tertiary/aromatic N) is 2. The first kappa shape index (κ1) is 22.2. The molecular weight excluding hydrogens is 416 g/mol. The second-order valence-electron chi connectivity index (χ2n) is 8.57. The van der Waals surface area contributed by atoms with E-state index >= 15 is 0 Å². The van der Waals surface area contributed by atoms with Gasteiger partial charge in [-0.2, -0.15) is 0 Å². The summed E-state index contributed by atoms with van der Waals surface area (Å²) in [4.78, 5) is 2.39. The lowest BCUT2D eigenvalue weighted by Gasteiger charge is -2.39. The predicted octanol–water partition coefficient (Wildman–Crippen LogP) is 0.581. The predicted molar refractivity (Wildman–Crippen MR) is 109 cm³/mol. The van der Waals surface area contributed by atoms with Gasteiger partial charge in [-0.15, -0.1) is 10.2 Å². The fourth-order valence-electron chi connectivity index (χ4n) is 5.62. The lowest BCUT2D eigenvalue weighted by atomic mass is 9.70. The summed E-state index contributed by atoms with van der Waals surface area (Å²) < 4.78 is 36.7. The molecule has 1 aliphatic carbocycles. The number of halogens is 1. The Hall–Kier alpha value is -1.96. The molecule has 0 amide bonds. The average molecular weight is 445 g/mol. The summed E-state index contributed by atoms with van der Waals surface area (Å²) in [7, 11) is -2.72. The van der Waals surface area contributed by atoms with Crippen LogP contribution in [0.2, 0.25) is 0 Å². The van der Waals surface area contributed by atoms with Crippen LogP contribution in [-0.4, -0.2) is 30.4 Å². The van der Waals surface area contributed by atoms with Crippen molar-refractivity contribution in [2.45, 2.75) is 44.4 Å². The second kappa shape index (κ2) is 9.27. The van der Waals surface area contributed by atoms with Gasteiger partial charge in [0.1, 0.15) is 13.1 Å². The minimum atomic E-state index is -4.94. The van der Waals surface area contributed by atoms with Gasteiger partial charge in [0.2, 0.25) is 0 Å². The lowest BCUT2D eigenvalue weighted by Crippen LogP contribution is -2.68. The maximum absolute atomic E-state index is 8.49. The molecule has 0 N–H and O–H groups in total. The van der Waals surface area contributed by atoms with Gasteiger partial charge in [0.25, 0.3) is 0 Å². The Bertz CT molecular complexity index is 895. The van der Waals surface area contributed by atoms with Crippen molar-refractivity contribution in [1.82, 2.24) is 0 Å². The molecule has 2 aliphatic heterocycles. The molecule has 2 fully saturated rings. The topological polar surface area (TPSA) is 98.5 Å². The number of fused-ring (bicyclic) bond motifs is 2. The fourth-order valence-corrected chi connectivity index (χ4v) is 5.62. The van der Waals surface area contributed by atoms with E-state index in [1.165, 1.54) is 74.1 Å². The van der Waals surface area contributed by atoms with Gasteiger partial charge in [0, 0.05) is 43.6 Å². The molecule has 166 valence electrons. The van der Waals surface area contributed by atoms with Gasteiger partial charge in [-0.25, -0.2) is 23.2 Å². The maximum Gasteiger partial charge on any atom is 0.156 e. The summed E-state index contributed by atoms with van der Waals surface area (Å²) in [5, 5.41) is 0. The first-order valence-electron chi connectivity index (χ1n) is 11.0. The van der Waals surface area contributed by atoms with E-state index in [1.54, 1.807) is 5.71 Å². The van der Waals surface area contributed by atoms with Crippen molar-refractivity contribution in [3.05, 3.63) is 59.7 Å². The van der Waals surface area contributed by atoms with Crippen LogP contribution < -0.4 is 23.5 Å². The molecule has 5 rings (SSSR count). The molecule has 0 spiro atoms. The van der Waals surface area contributed by atoms with Gasteiger partial charge < -0.3 is 4.90 Å². The molecule has 2 aromatic rings. The van der Waals surface area contributed by atoms with Gasteiger partial charge in [-0.05, 0) is 36.1 Å². The molecule has 2 aromatic carbocycles. The van der Waals surface area contributed by atoms with E-state index in [1.807, 2.05) is 0 Å². The summed E-state index contributed by atoms with van der Waals surface area (Å²) in [5.74, 6) is 1.17. The Labute approximate surface area is 185 Å². The van der Waals surface area contributed by atoms with E-state index in [2.05, 4.69) is 65.1 Å². The number of hydrogen-bond donors (Lipinski definition) is 0. The molecule has 0 radical (unpaired) electrons. The summed E-state index contributed by atoms with van der Waals surface area (Å²) in [6.07, 6.45) is 8.13. The monoisotopic (exact) mass is 444 g/mol. The molecule has 1 saturated heterocycles. The van der Waals surface area contributed by atoms with Crippen molar-refractivity contribution in [2.75, 3.05) is 25.0 Å². The molecule has 31 heavy (non-hydrogen) atoms. The van der Waals surface area contributed by atoms with Gasteiger partial charge in [0.05, 0.1) is 5.92 Å². The van der Waals surface area contributed by atoms with Crippen molar-refractivity contribution in [3.8, 4) is 0 Å². The zero-order valence-electron chi connectivity index (χ0n) is 17.8. The highest BCUT2D eigenvalue weighted by Crippen LogP contribution is 2.50. The molecule has 0 bridgehead atoms. The molecule has 1 saturated carbocycles. The van der Waals surface area contributed by atoms with E-state index in [4.69, 9.17) is 18.6 Å². The van der Waals surface area contributed by atoms with Crippen LogP contribution in [0, 0.1) is 16.2 Å². The first-order valence-corrected chi connectivity index (χ1v) is 12.2. The molecule has 1 unspecified atom stereocenters. The van der Waals surface area contributed by atoms with Crippen LogP contribution in [0.4, 0.5) is 11.4 Å². The van der Waals surface area contributed by atoms with Gasteiger partial charge in [0.15, 0.2) is 5.71 Å². The van der Waals surface area contributed by atoms with Crippen LogP contribution >= 0.6 is 0 Å². The summed E-state index contributed by atoms with van der Waals surface area (Å²) in [6.45, 7) is 2.56. The third-order valence-electron chi connectivity index (χ3n) is 6.81. The smallest absolute Gasteiger partial charge is 0.156 e. The number of anilines is 2. The Kier molecular flexibility index (Phi) is 6.65. The van der Waals surface area contributed by atoms with Crippen LogP contribution in [-0.2, 0) is 0 Å². The largest absolute Gasteiger partial charge is 0.344 e. The van der Waals surface area contributed by atoms with E-state index in [0.29, 0.717) is 11.8 Å². The average Bonchev–Trinajstić information content (AvgIpc) is 3.28. The molecule has 6 nitrogen and oxygen atoms in total. The normalized spacial score (nSPS) is 21.3. The van der Waals surface area contributed by atoms with Crippen LogP contribution in [0.5, 0.6) is 0 Å². The minimum Gasteiger partial charge on any atom is -0.344 e. The molecule has 7 heteroatoms. The lowest BCUT2D eigenvalue weighted by molar-refractivity contribution is -2.00. The Balaban J connectivity index is 0.000000418. The Morgan fingerprint density at radius 2 is 1.32 bits per heavy atom. The highest BCUT2D eigenvalue weighted by molar-refractivity contribution is 5.87. The standard InChI is InChI=1S/C24H29N2.ClHO4/c1-25-21-13-5-2-10-18(21)24(19-11-3-6-14-22(19)25)20-12-4-7-15-23(20)26-16-8-9-17-26;2-1(3,4)5/h2-3,5-6,10-11,13-14,20,24H,4,7-9,12,15-17H2,1H3;(H,2,3,4,5)/q+1;/p-1. The number of para-hydroxylation sites is 2. The van der Waals surface area contributed by atoms with Crippen molar-refractivity contribution >= 4 is 17.1 Å². The number of rotatable bonds is 1. The third-order valence-corrected chi connectivity index (χ3v) is 6.81. The fraction of sp³-hybridized carbons (Fsp3) is 0.458. The minimum absolute atomic E-state index is 0.509. The molecular formula is C24H29ClN2O4. The van der Waals surface area contributed by atoms with Crippen LogP contribution in [0.25, 0.3) is 0 Å². The van der Waals surface area contributed by atoms with Crippen molar-refractivity contribution in [3.63, 3.8) is 0 Å². The van der Waals surface area contributed by atoms with Gasteiger partial charge in [-0.3, -0.25) is 0 Å². The third kappa shape index (κ3) is 4.94. The zero-order chi connectivity index (χ0) is 22.0. The molecule has 0 aromatic heterocycles. The van der Waals surface area contributed by atoms with Crippen LogP contribution in [0.1, 0.15) is 55.6 Å². The van der Waals surface area contributed by atoms with Crippen molar-refractivity contribution in [1.29, 1.82) is 0 Å². The van der Waals surface area contributed by atoms with E-state index in [9.17, 15) is 0 Å². The van der Waals surface area contributed by atoms with E-state index in [-0.39, 0.29) is 0 Å². The Morgan fingerprint density at radius 3 is 1.87 bits per heavy atom. The van der Waals surface area contributed by atoms with E-state index < -0.39 is 10.2 Å². The first-order chi connectivity index (χ1) is 14.8. The molecule has 3 aliphatic rings. The Morgan fingerprint density at radius 1 is 0.806 bits per heavy atom. The molecule has 1 atom stereocenters. The van der Waals surface area contributed by atoms with Crippen LogP contribution in [0.3, 0.4) is 0 Å². The summed E-state index contributed by atoms with van der Waals surface area (Å²) in [5.41, 5.74) is 7.59. The number of benzene rings is 2. The number of hydrogen-bond acceptors (Lipinski definition) is 5. The molecule has 2 heterocycles. The van der Waals surface area contributed by atoms with Gasteiger partial charge in [-0.1, -0.05) is 42.8 Å². The van der Waals surface area contributed by atoms with Gasteiger partial charge >= 0.3 is 0 Å². The quantitative estimate of drug-likeness (QED) is 0.599.